The molecule has 21 heavy (non-hydrogen) atoms. The Morgan fingerprint density at radius 2 is 1.86 bits per heavy atom. The fourth-order valence-corrected chi connectivity index (χ4v) is 2.33. The Bertz CT molecular complexity index is 627. The molecule has 0 saturated carbocycles. The average molecular weight is 324 g/mol. The second-order valence-corrected chi connectivity index (χ2v) is 6.19. The molecule has 0 saturated heterocycles. The Kier molecular flexibility index (Phi) is 5.57. The molecule has 0 atom stereocenters. The molecule has 3 nitrogen and oxygen atoms in total. The topological polar surface area (TPSA) is 37.8 Å². The molecule has 0 aliphatic rings. The van der Waals surface area contributed by atoms with Crippen LogP contribution < -0.4 is 5.32 Å². The van der Waals surface area contributed by atoms with Crippen LogP contribution in [0, 0.1) is 6.92 Å². The Balaban J connectivity index is 2.17. The predicted octanol–water partition coefficient (Wildman–Crippen LogP) is 4.18. The minimum absolute atomic E-state index is 0.429. The third-order valence-electron chi connectivity index (χ3n) is 2.99. The van der Waals surface area contributed by atoms with Gasteiger partial charge in [0.25, 0.3) is 0 Å². The summed E-state index contributed by atoms with van der Waals surface area (Å²) in [6.45, 7) is 6.96. The molecule has 0 aliphatic carbocycles. The smallest absolute Gasteiger partial charge is 0.133 e. The van der Waals surface area contributed by atoms with E-state index in [0.29, 0.717) is 22.5 Å². The first-order chi connectivity index (χ1) is 9.94. The van der Waals surface area contributed by atoms with Gasteiger partial charge in [0.15, 0.2) is 0 Å². The molecule has 1 aromatic heterocycles. The van der Waals surface area contributed by atoms with Gasteiger partial charge >= 0.3 is 0 Å². The third kappa shape index (κ3) is 4.95. The molecular weight excluding hydrogens is 305 g/mol. The Labute approximate surface area is 135 Å². The Hall–Kier alpha value is -1.16. The summed E-state index contributed by atoms with van der Waals surface area (Å²) in [5.74, 6) is 0.800. The monoisotopic (exact) mass is 323 g/mol. The summed E-state index contributed by atoms with van der Waals surface area (Å²) >= 11 is 12.0. The maximum atomic E-state index is 6.04. The highest BCUT2D eigenvalue weighted by Crippen LogP contribution is 2.23. The van der Waals surface area contributed by atoms with Crippen LogP contribution in [0.4, 0.5) is 0 Å². The summed E-state index contributed by atoms with van der Waals surface area (Å²) in [6.07, 6.45) is 0.646. The van der Waals surface area contributed by atoms with Gasteiger partial charge in [0.2, 0.25) is 0 Å². The molecule has 0 spiro atoms. The Morgan fingerprint density at radius 3 is 2.52 bits per heavy atom. The van der Waals surface area contributed by atoms with Crippen molar-refractivity contribution in [1.82, 2.24) is 15.3 Å². The van der Waals surface area contributed by atoms with E-state index in [4.69, 9.17) is 23.2 Å². The highest BCUT2D eigenvalue weighted by molar-refractivity contribution is 6.42. The molecule has 112 valence electrons. The lowest BCUT2D eigenvalue weighted by atomic mass is 10.1. The maximum absolute atomic E-state index is 6.04. The number of aromatic nitrogens is 2. The van der Waals surface area contributed by atoms with Crippen LogP contribution in [-0.2, 0) is 13.0 Å². The van der Waals surface area contributed by atoms with Crippen LogP contribution in [0.5, 0.6) is 0 Å². The molecule has 0 bridgehead atoms. The highest BCUT2D eigenvalue weighted by Gasteiger charge is 2.06. The first-order valence-electron chi connectivity index (χ1n) is 6.95. The molecule has 5 heteroatoms. The zero-order chi connectivity index (χ0) is 15.4. The SMILES string of the molecule is Cc1cc(CNC(C)C)nc(Cc2ccc(Cl)c(Cl)c2)n1. The van der Waals surface area contributed by atoms with Gasteiger partial charge in [-0.15, -0.1) is 0 Å². The zero-order valence-corrected chi connectivity index (χ0v) is 14.0. The Morgan fingerprint density at radius 1 is 1.10 bits per heavy atom. The first kappa shape index (κ1) is 16.2. The van der Waals surface area contributed by atoms with Crippen molar-refractivity contribution in [3.05, 3.63) is 57.1 Å². The zero-order valence-electron chi connectivity index (χ0n) is 12.5. The van der Waals surface area contributed by atoms with Crippen molar-refractivity contribution < 1.29 is 0 Å². The van der Waals surface area contributed by atoms with Gasteiger partial charge in [-0.25, -0.2) is 9.97 Å². The van der Waals surface area contributed by atoms with Crippen molar-refractivity contribution in [2.75, 3.05) is 0 Å². The van der Waals surface area contributed by atoms with Crippen LogP contribution >= 0.6 is 23.2 Å². The fraction of sp³-hybridized carbons (Fsp3) is 0.375. The van der Waals surface area contributed by atoms with Crippen molar-refractivity contribution in [1.29, 1.82) is 0 Å². The number of nitrogens with one attached hydrogen (secondary N) is 1. The van der Waals surface area contributed by atoms with Crippen molar-refractivity contribution in [2.24, 2.45) is 0 Å². The van der Waals surface area contributed by atoms with E-state index in [9.17, 15) is 0 Å². The lowest BCUT2D eigenvalue weighted by Crippen LogP contribution is -2.23. The van der Waals surface area contributed by atoms with E-state index in [-0.39, 0.29) is 0 Å². The molecular formula is C16H19Cl2N3. The minimum atomic E-state index is 0.429. The molecule has 0 amide bonds. The van der Waals surface area contributed by atoms with E-state index in [0.717, 1.165) is 29.3 Å². The summed E-state index contributed by atoms with van der Waals surface area (Å²) in [6, 6.07) is 8.05. The van der Waals surface area contributed by atoms with Gasteiger partial charge in [0, 0.05) is 24.7 Å². The average Bonchev–Trinajstić information content (AvgIpc) is 2.40. The molecule has 2 rings (SSSR count). The molecule has 0 unspecified atom stereocenters. The molecule has 1 heterocycles. The van der Waals surface area contributed by atoms with Gasteiger partial charge in [-0.2, -0.15) is 0 Å². The molecule has 0 fully saturated rings. The van der Waals surface area contributed by atoms with E-state index in [1.54, 1.807) is 6.07 Å². The van der Waals surface area contributed by atoms with Gasteiger partial charge in [-0.3, -0.25) is 0 Å². The largest absolute Gasteiger partial charge is 0.309 e. The summed E-state index contributed by atoms with van der Waals surface area (Å²) in [4.78, 5) is 9.10. The molecule has 0 radical (unpaired) electrons. The molecule has 0 aliphatic heterocycles. The number of benzene rings is 1. The normalized spacial score (nSPS) is 11.1. The van der Waals surface area contributed by atoms with E-state index in [2.05, 4.69) is 29.1 Å². The van der Waals surface area contributed by atoms with Crippen LogP contribution in [0.3, 0.4) is 0 Å². The number of hydrogen-bond acceptors (Lipinski definition) is 3. The van der Waals surface area contributed by atoms with Gasteiger partial charge < -0.3 is 5.32 Å². The van der Waals surface area contributed by atoms with Crippen LogP contribution in [0.1, 0.15) is 36.6 Å². The number of nitrogens with zero attached hydrogens (tertiary/aromatic N) is 2. The minimum Gasteiger partial charge on any atom is -0.309 e. The quantitative estimate of drug-likeness (QED) is 0.896. The summed E-state index contributed by atoms with van der Waals surface area (Å²) < 4.78 is 0. The van der Waals surface area contributed by atoms with E-state index < -0.39 is 0 Å². The van der Waals surface area contributed by atoms with Gasteiger partial charge in [-0.1, -0.05) is 43.1 Å². The van der Waals surface area contributed by atoms with Crippen molar-refractivity contribution in [3.8, 4) is 0 Å². The van der Waals surface area contributed by atoms with Gasteiger partial charge in [0.1, 0.15) is 5.82 Å². The summed E-state index contributed by atoms with van der Waals surface area (Å²) in [5.41, 5.74) is 3.03. The van der Waals surface area contributed by atoms with E-state index in [1.807, 2.05) is 25.1 Å². The van der Waals surface area contributed by atoms with E-state index in [1.165, 1.54) is 0 Å². The second kappa shape index (κ2) is 7.21. The van der Waals surface area contributed by atoms with Crippen molar-refractivity contribution in [2.45, 2.75) is 39.8 Å². The van der Waals surface area contributed by atoms with Crippen LogP contribution in [0.2, 0.25) is 10.0 Å². The van der Waals surface area contributed by atoms with Crippen LogP contribution in [-0.4, -0.2) is 16.0 Å². The molecule has 1 N–H and O–H groups in total. The first-order valence-corrected chi connectivity index (χ1v) is 7.70. The molecule has 1 aromatic carbocycles. The fourth-order valence-electron chi connectivity index (χ4n) is 2.01. The maximum Gasteiger partial charge on any atom is 0.133 e. The van der Waals surface area contributed by atoms with Crippen molar-refractivity contribution >= 4 is 23.2 Å². The predicted molar refractivity (Wildman–Crippen MR) is 88.0 cm³/mol. The van der Waals surface area contributed by atoms with Crippen LogP contribution in [0.15, 0.2) is 24.3 Å². The lowest BCUT2D eigenvalue weighted by Gasteiger charge is -2.10. The van der Waals surface area contributed by atoms with Crippen LogP contribution in [0.25, 0.3) is 0 Å². The lowest BCUT2D eigenvalue weighted by molar-refractivity contribution is 0.578. The standard InChI is InChI=1S/C16H19Cl2N3/c1-10(2)19-9-13-6-11(3)20-16(21-13)8-12-4-5-14(17)15(18)7-12/h4-7,10,19H,8-9H2,1-3H3. The van der Waals surface area contributed by atoms with E-state index >= 15 is 0 Å². The highest BCUT2D eigenvalue weighted by atomic mass is 35.5. The number of rotatable bonds is 5. The van der Waals surface area contributed by atoms with Gasteiger partial charge in [0.05, 0.1) is 15.7 Å². The number of hydrogen-bond donors (Lipinski definition) is 1. The summed E-state index contributed by atoms with van der Waals surface area (Å²) in [5, 5.41) is 4.49. The molecule has 2 aromatic rings. The number of halogens is 2. The van der Waals surface area contributed by atoms with Crippen molar-refractivity contribution in [3.63, 3.8) is 0 Å². The number of aryl methyl sites for hydroxylation is 1. The van der Waals surface area contributed by atoms with Gasteiger partial charge in [-0.05, 0) is 30.7 Å². The summed E-state index contributed by atoms with van der Waals surface area (Å²) in [7, 11) is 0. The third-order valence-corrected chi connectivity index (χ3v) is 3.73. The second-order valence-electron chi connectivity index (χ2n) is 5.38.